The number of hydrogen-bond donors (Lipinski definition) is 2. The molecule has 0 aliphatic carbocycles. The minimum atomic E-state index is -4.31. The van der Waals surface area contributed by atoms with Gasteiger partial charge >= 0.3 is 6.18 Å². The topological polar surface area (TPSA) is 75.3 Å². The largest absolute Gasteiger partial charge is 0.393 e. The maximum absolute atomic E-state index is 12.3. The van der Waals surface area contributed by atoms with Gasteiger partial charge in [-0.05, 0) is 29.8 Å². The van der Waals surface area contributed by atoms with Crippen LogP contribution in [0.25, 0.3) is 0 Å². The lowest BCUT2D eigenvalue weighted by Crippen LogP contribution is -2.32. The van der Waals surface area contributed by atoms with Gasteiger partial charge in [0.1, 0.15) is 4.21 Å². The molecule has 0 aliphatic rings. The standard InChI is InChI=1S/C14H12ClF3N2O3S2/c15-11-5-6-13(24-11)25(22,23)19-8-12(21)20-10-3-1-9(2-4-10)7-14(16,17)18/h1-6,19H,7-8H2,(H,20,21). The van der Waals surface area contributed by atoms with E-state index in [-0.39, 0.29) is 15.5 Å². The molecule has 2 N–H and O–H groups in total. The summed E-state index contributed by atoms with van der Waals surface area (Å²) in [6.45, 7) is -0.526. The maximum Gasteiger partial charge on any atom is 0.393 e. The predicted molar refractivity (Wildman–Crippen MR) is 89.3 cm³/mol. The van der Waals surface area contributed by atoms with Crippen molar-refractivity contribution in [3.8, 4) is 0 Å². The third-order valence-corrected chi connectivity index (χ3v) is 6.00. The summed E-state index contributed by atoms with van der Waals surface area (Å²) in [7, 11) is -3.86. The first-order valence-electron chi connectivity index (χ1n) is 6.76. The van der Waals surface area contributed by atoms with Gasteiger partial charge in [0.15, 0.2) is 0 Å². The van der Waals surface area contributed by atoms with Crippen molar-refractivity contribution in [1.82, 2.24) is 4.72 Å². The van der Waals surface area contributed by atoms with Crippen LogP contribution in [0.3, 0.4) is 0 Å². The van der Waals surface area contributed by atoms with Crippen molar-refractivity contribution in [2.24, 2.45) is 0 Å². The highest BCUT2D eigenvalue weighted by Crippen LogP contribution is 2.25. The lowest BCUT2D eigenvalue weighted by atomic mass is 10.1. The Bertz CT molecular complexity index is 849. The highest BCUT2D eigenvalue weighted by molar-refractivity contribution is 7.91. The second-order valence-electron chi connectivity index (χ2n) is 4.92. The Morgan fingerprint density at radius 2 is 1.76 bits per heavy atom. The van der Waals surface area contributed by atoms with Gasteiger partial charge in [0.25, 0.3) is 10.0 Å². The number of halogens is 4. The number of carbonyl (C=O) groups is 1. The molecule has 0 unspecified atom stereocenters. The maximum atomic E-state index is 12.3. The van der Waals surface area contributed by atoms with Crippen molar-refractivity contribution in [3.05, 3.63) is 46.3 Å². The molecule has 1 aromatic heterocycles. The SMILES string of the molecule is O=C(CNS(=O)(=O)c1ccc(Cl)s1)Nc1ccc(CC(F)(F)F)cc1. The second-order valence-corrected chi connectivity index (χ2v) is 8.63. The number of anilines is 1. The minimum Gasteiger partial charge on any atom is -0.325 e. The molecule has 0 atom stereocenters. The van der Waals surface area contributed by atoms with E-state index in [1.54, 1.807) is 0 Å². The first-order chi connectivity index (χ1) is 11.5. The van der Waals surface area contributed by atoms with Gasteiger partial charge in [-0.3, -0.25) is 4.79 Å². The molecule has 2 rings (SSSR count). The van der Waals surface area contributed by atoms with Crippen molar-refractivity contribution in [2.75, 3.05) is 11.9 Å². The van der Waals surface area contributed by atoms with E-state index in [1.807, 2.05) is 0 Å². The molecule has 0 bridgehead atoms. The molecule has 136 valence electrons. The van der Waals surface area contributed by atoms with Crippen LogP contribution in [-0.4, -0.2) is 27.0 Å². The van der Waals surface area contributed by atoms with E-state index in [1.165, 1.54) is 36.4 Å². The summed E-state index contributed by atoms with van der Waals surface area (Å²) >= 11 is 6.51. The Kier molecular flexibility index (Phi) is 6.09. The van der Waals surface area contributed by atoms with Crippen molar-refractivity contribution in [2.45, 2.75) is 16.8 Å². The molecule has 1 aromatic carbocycles. The molecular weight excluding hydrogens is 401 g/mol. The smallest absolute Gasteiger partial charge is 0.325 e. The Morgan fingerprint density at radius 1 is 1.12 bits per heavy atom. The number of rotatable bonds is 6. The van der Waals surface area contributed by atoms with Crippen LogP contribution in [0.15, 0.2) is 40.6 Å². The normalized spacial score (nSPS) is 12.2. The molecule has 0 fully saturated rings. The van der Waals surface area contributed by atoms with E-state index in [9.17, 15) is 26.4 Å². The summed E-state index contributed by atoms with van der Waals surface area (Å²) in [6.07, 6.45) is -5.38. The highest BCUT2D eigenvalue weighted by atomic mass is 35.5. The van der Waals surface area contributed by atoms with Gasteiger partial charge in [0, 0.05) is 5.69 Å². The fourth-order valence-corrected chi connectivity index (χ4v) is 4.33. The zero-order valence-electron chi connectivity index (χ0n) is 12.4. The number of nitrogens with one attached hydrogen (secondary N) is 2. The molecule has 0 saturated carbocycles. The van der Waals surface area contributed by atoms with Crippen LogP contribution in [0.1, 0.15) is 5.56 Å². The second kappa shape index (κ2) is 7.73. The Morgan fingerprint density at radius 3 is 2.28 bits per heavy atom. The minimum absolute atomic E-state index is 0.0261. The summed E-state index contributed by atoms with van der Waals surface area (Å²) in [5.74, 6) is -0.658. The monoisotopic (exact) mass is 412 g/mol. The van der Waals surface area contributed by atoms with E-state index in [2.05, 4.69) is 10.0 Å². The molecular formula is C14H12ClF3N2O3S2. The van der Waals surface area contributed by atoms with E-state index < -0.39 is 35.1 Å². The van der Waals surface area contributed by atoms with Crippen LogP contribution < -0.4 is 10.0 Å². The van der Waals surface area contributed by atoms with Gasteiger partial charge in [0.2, 0.25) is 5.91 Å². The molecule has 0 radical (unpaired) electrons. The number of alkyl halides is 3. The van der Waals surface area contributed by atoms with Crippen LogP contribution in [0.5, 0.6) is 0 Å². The van der Waals surface area contributed by atoms with Gasteiger partial charge in [0.05, 0.1) is 17.3 Å². The first kappa shape index (κ1) is 19.7. The number of benzene rings is 1. The Balaban J connectivity index is 1.90. The van der Waals surface area contributed by atoms with E-state index in [0.29, 0.717) is 4.34 Å². The van der Waals surface area contributed by atoms with Gasteiger partial charge in [-0.15, -0.1) is 11.3 Å². The summed E-state index contributed by atoms with van der Waals surface area (Å²) in [5.41, 5.74) is 0.315. The van der Waals surface area contributed by atoms with Gasteiger partial charge in [-0.2, -0.15) is 13.2 Å². The van der Waals surface area contributed by atoms with Crippen molar-refractivity contribution >= 4 is 44.6 Å². The third-order valence-electron chi connectivity index (χ3n) is 2.88. The zero-order chi connectivity index (χ0) is 18.7. The zero-order valence-corrected chi connectivity index (χ0v) is 14.8. The summed E-state index contributed by atoms with van der Waals surface area (Å²) in [6, 6.07) is 7.83. The lowest BCUT2D eigenvalue weighted by molar-refractivity contribution is -0.127. The third kappa shape index (κ3) is 6.31. The first-order valence-corrected chi connectivity index (χ1v) is 9.43. The van der Waals surface area contributed by atoms with Crippen LogP contribution in [0.2, 0.25) is 4.34 Å². The van der Waals surface area contributed by atoms with Crippen LogP contribution in [0, 0.1) is 0 Å². The fourth-order valence-electron chi connectivity index (χ4n) is 1.82. The van der Waals surface area contributed by atoms with E-state index in [4.69, 9.17) is 11.6 Å². The molecule has 2 aromatic rings. The van der Waals surface area contributed by atoms with Crippen molar-refractivity contribution in [1.29, 1.82) is 0 Å². The van der Waals surface area contributed by atoms with Gasteiger partial charge in [-0.1, -0.05) is 23.7 Å². The molecule has 0 aliphatic heterocycles. The average molecular weight is 413 g/mol. The summed E-state index contributed by atoms with van der Waals surface area (Å²) < 4.78 is 63.0. The number of amides is 1. The number of thiophene rings is 1. The Labute approximate surface area is 150 Å². The number of carbonyl (C=O) groups excluding carboxylic acids is 1. The number of sulfonamides is 1. The molecule has 11 heteroatoms. The highest BCUT2D eigenvalue weighted by Gasteiger charge is 2.27. The van der Waals surface area contributed by atoms with Gasteiger partial charge in [-0.25, -0.2) is 13.1 Å². The lowest BCUT2D eigenvalue weighted by Gasteiger charge is -2.09. The summed E-state index contributed by atoms with van der Waals surface area (Å²) in [5, 5.41) is 2.39. The van der Waals surface area contributed by atoms with E-state index in [0.717, 1.165) is 11.3 Å². The van der Waals surface area contributed by atoms with Crippen LogP contribution in [0.4, 0.5) is 18.9 Å². The van der Waals surface area contributed by atoms with Crippen LogP contribution in [-0.2, 0) is 21.2 Å². The average Bonchev–Trinajstić information content (AvgIpc) is 2.93. The van der Waals surface area contributed by atoms with Crippen molar-refractivity contribution < 1.29 is 26.4 Å². The molecule has 1 amide bonds. The predicted octanol–water partition coefficient (Wildman–Crippen LogP) is 3.42. The molecule has 0 spiro atoms. The molecule has 5 nitrogen and oxygen atoms in total. The molecule has 1 heterocycles. The van der Waals surface area contributed by atoms with Crippen LogP contribution >= 0.6 is 22.9 Å². The Hall–Kier alpha value is -1.62. The fraction of sp³-hybridized carbons (Fsp3) is 0.214. The van der Waals surface area contributed by atoms with E-state index >= 15 is 0 Å². The number of hydrogen-bond acceptors (Lipinski definition) is 4. The van der Waals surface area contributed by atoms with Crippen molar-refractivity contribution in [3.63, 3.8) is 0 Å². The molecule has 0 saturated heterocycles. The van der Waals surface area contributed by atoms with Gasteiger partial charge < -0.3 is 5.32 Å². The summed E-state index contributed by atoms with van der Waals surface area (Å²) in [4.78, 5) is 11.8. The quantitative estimate of drug-likeness (QED) is 0.763. The molecule has 25 heavy (non-hydrogen) atoms.